The van der Waals surface area contributed by atoms with Crippen molar-refractivity contribution < 1.29 is 14.3 Å². The molecule has 0 aromatic heterocycles. The van der Waals surface area contributed by atoms with E-state index in [2.05, 4.69) is 10.6 Å². The molecule has 6 heteroatoms. The lowest BCUT2D eigenvalue weighted by atomic mass is 9.68. The fourth-order valence-corrected chi connectivity index (χ4v) is 5.21. The van der Waals surface area contributed by atoms with Crippen molar-refractivity contribution in [3.63, 3.8) is 0 Å². The van der Waals surface area contributed by atoms with Crippen molar-refractivity contribution in [3.8, 4) is 0 Å². The van der Waals surface area contributed by atoms with Gasteiger partial charge in [0.1, 0.15) is 0 Å². The Morgan fingerprint density at radius 2 is 1.55 bits per heavy atom. The molecule has 3 heterocycles. The van der Waals surface area contributed by atoms with Crippen LogP contribution in [0.15, 0.2) is 89.9 Å². The number of carbonyl (C=O) groups is 2. The average Bonchev–Trinajstić information content (AvgIpc) is 3.44. The van der Waals surface area contributed by atoms with Gasteiger partial charge < -0.3 is 10.1 Å². The molecule has 1 amide bonds. The smallest absolute Gasteiger partial charge is 0.344 e. The number of amides is 1. The van der Waals surface area contributed by atoms with Crippen LogP contribution in [0.25, 0.3) is 0 Å². The highest BCUT2D eigenvalue weighted by atomic mass is 16.6. The first-order chi connectivity index (χ1) is 15.2. The quantitative estimate of drug-likeness (QED) is 0.638. The molecule has 0 radical (unpaired) electrons. The molecule has 3 aromatic rings. The first kappa shape index (κ1) is 18.0. The van der Waals surface area contributed by atoms with Gasteiger partial charge in [-0.15, -0.1) is 0 Å². The molecule has 3 aromatic carbocycles. The van der Waals surface area contributed by atoms with Gasteiger partial charge in [-0.1, -0.05) is 66.7 Å². The minimum absolute atomic E-state index is 0.242. The van der Waals surface area contributed by atoms with Crippen molar-refractivity contribution in [3.05, 3.63) is 102 Å². The van der Waals surface area contributed by atoms with Crippen molar-refractivity contribution in [1.29, 1.82) is 0 Å². The van der Waals surface area contributed by atoms with Crippen LogP contribution < -0.4 is 10.6 Å². The molecule has 6 nitrogen and oxygen atoms in total. The van der Waals surface area contributed by atoms with Crippen LogP contribution in [0.5, 0.6) is 0 Å². The van der Waals surface area contributed by atoms with E-state index in [1.165, 1.54) is 0 Å². The van der Waals surface area contributed by atoms with E-state index in [0.29, 0.717) is 23.4 Å². The molecule has 6 rings (SSSR count). The van der Waals surface area contributed by atoms with Crippen LogP contribution in [0, 0.1) is 0 Å². The molecule has 31 heavy (non-hydrogen) atoms. The van der Waals surface area contributed by atoms with Crippen molar-refractivity contribution in [2.45, 2.75) is 17.0 Å². The number of nitrogens with zero attached hydrogens (tertiary/aromatic N) is 1. The van der Waals surface area contributed by atoms with Gasteiger partial charge in [0.05, 0.1) is 0 Å². The maximum atomic E-state index is 13.7. The molecular weight excluding hydrogens is 390 g/mol. The zero-order chi connectivity index (χ0) is 21.1. The van der Waals surface area contributed by atoms with Crippen LogP contribution in [-0.2, 0) is 19.9 Å². The second kappa shape index (κ2) is 6.36. The van der Waals surface area contributed by atoms with Crippen LogP contribution in [0.3, 0.4) is 0 Å². The van der Waals surface area contributed by atoms with Gasteiger partial charge in [-0.3, -0.25) is 10.1 Å². The lowest BCUT2D eigenvalue weighted by Crippen LogP contribution is -2.61. The van der Waals surface area contributed by atoms with E-state index in [1.807, 2.05) is 84.9 Å². The number of fused-ring (bicyclic) bond motifs is 3. The summed E-state index contributed by atoms with van der Waals surface area (Å²) in [7, 11) is 0. The fourth-order valence-electron chi connectivity index (χ4n) is 5.21. The molecule has 0 aliphatic carbocycles. The number of anilines is 1. The molecule has 0 bridgehead atoms. The number of benzene rings is 3. The summed E-state index contributed by atoms with van der Waals surface area (Å²) in [6, 6.07) is 26.5. The Kier molecular flexibility index (Phi) is 3.70. The summed E-state index contributed by atoms with van der Waals surface area (Å²) < 4.78 is 5.78. The molecule has 2 spiro atoms. The number of hydrogen-bond acceptors (Lipinski definition) is 5. The van der Waals surface area contributed by atoms with E-state index in [4.69, 9.17) is 9.73 Å². The molecule has 0 saturated carbocycles. The highest BCUT2D eigenvalue weighted by Gasteiger charge is 2.75. The maximum absolute atomic E-state index is 13.7. The van der Waals surface area contributed by atoms with E-state index < -0.39 is 17.0 Å². The minimum atomic E-state index is -1.46. The number of cyclic esters (lactones) is 1. The first-order valence-corrected chi connectivity index (χ1v) is 10.3. The third-order valence-corrected chi connectivity index (χ3v) is 6.57. The number of para-hydroxylation sites is 1. The standard InChI is InChI=1S/C25H19N3O3/c29-22-24(18-13-7-8-14-20(18)27-22)25(19(15-26-24)16-9-3-1-4-10-16)23(30)31-21(28-25)17-11-5-2-6-12-17/h1-14,19,26H,15H2,(H,27,29)/t19-,24+,25-/m0/s1. The van der Waals surface area contributed by atoms with E-state index in [0.717, 1.165) is 5.56 Å². The van der Waals surface area contributed by atoms with Crippen LogP contribution in [0.2, 0.25) is 0 Å². The van der Waals surface area contributed by atoms with Crippen LogP contribution in [0.1, 0.15) is 22.6 Å². The Balaban J connectivity index is 1.63. The van der Waals surface area contributed by atoms with Gasteiger partial charge in [0, 0.05) is 29.3 Å². The monoisotopic (exact) mass is 409 g/mol. The van der Waals surface area contributed by atoms with Crippen molar-refractivity contribution in [1.82, 2.24) is 5.32 Å². The number of ether oxygens (including phenoxy) is 1. The molecule has 2 N–H and O–H groups in total. The van der Waals surface area contributed by atoms with E-state index >= 15 is 0 Å². The topological polar surface area (TPSA) is 79.8 Å². The summed E-state index contributed by atoms with van der Waals surface area (Å²) in [5, 5.41) is 6.35. The van der Waals surface area contributed by atoms with Crippen molar-refractivity contribution in [2.75, 3.05) is 11.9 Å². The summed E-state index contributed by atoms with van der Waals surface area (Å²) in [4.78, 5) is 32.2. The molecule has 152 valence electrons. The minimum Gasteiger partial charge on any atom is -0.405 e. The van der Waals surface area contributed by atoms with E-state index in [1.54, 1.807) is 0 Å². The molecule has 3 atom stereocenters. The fraction of sp³-hybridized carbons (Fsp3) is 0.160. The Hall–Kier alpha value is -3.77. The SMILES string of the molecule is O=C1OC(c2ccccc2)=N[C@@]12[C@H](c1ccccc1)CN[C@]21C(=O)Nc2ccccc21. The van der Waals surface area contributed by atoms with Gasteiger partial charge in [0.2, 0.25) is 11.4 Å². The normalized spacial score (nSPS) is 28.5. The summed E-state index contributed by atoms with van der Waals surface area (Å²) in [5.74, 6) is -0.940. The van der Waals surface area contributed by atoms with Gasteiger partial charge in [0.25, 0.3) is 5.91 Å². The highest BCUT2D eigenvalue weighted by molar-refractivity contribution is 6.17. The summed E-state index contributed by atoms with van der Waals surface area (Å²) in [6.07, 6.45) is 0. The molecule has 3 aliphatic rings. The second-order valence-electron chi connectivity index (χ2n) is 8.03. The molecule has 1 saturated heterocycles. The summed E-state index contributed by atoms with van der Waals surface area (Å²) >= 11 is 0. The van der Waals surface area contributed by atoms with Crippen molar-refractivity contribution >= 4 is 23.5 Å². The van der Waals surface area contributed by atoms with Crippen LogP contribution >= 0.6 is 0 Å². The van der Waals surface area contributed by atoms with Crippen LogP contribution in [0.4, 0.5) is 5.69 Å². The predicted molar refractivity (Wildman–Crippen MR) is 116 cm³/mol. The lowest BCUT2D eigenvalue weighted by molar-refractivity contribution is -0.145. The highest BCUT2D eigenvalue weighted by Crippen LogP contribution is 2.56. The summed E-state index contributed by atoms with van der Waals surface area (Å²) in [6.45, 7) is 0.409. The average molecular weight is 409 g/mol. The molecule has 3 aliphatic heterocycles. The Morgan fingerprint density at radius 3 is 2.32 bits per heavy atom. The van der Waals surface area contributed by atoms with Gasteiger partial charge >= 0.3 is 5.97 Å². The van der Waals surface area contributed by atoms with E-state index in [-0.39, 0.29) is 17.7 Å². The Bertz CT molecular complexity index is 1240. The third-order valence-electron chi connectivity index (χ3n) is 6.57. The maximum Gasteiger partial charge on any atom is 0.344 e. The zero-order valence-corrected chi connectivity index (χ0v) is 16.5. The molecular formula is C25H19N3O3. The Morgan fingerprint density at radius 1 is 0.871 bits per heavy atom. The predicted octanol–water partition coefficient (Wildman–Crippen LogP) is 2.96. The molecule has 1 fully saturated rings. The van der Waals surface area contributed by atoms with Gasteiger partial charge in [-0.2, -0.15) is 0 Å². The van der Waals surface area contributed by atoms with E-state index in [9.17, 15) is 9.59 Å². The zero-order valence-electron chi connectivity index (χ0n) is 16.5. The number of rotatable bonds is 2. The first-order valence-electron chi connectivity index (χ1n) is 10.3. The second-order valence-corrected chi connectivity index (χ2v) is 8.03. The number of aliphatic imine (C=N–C) groups is 1. The molecule has 0 unspecified atom stereocenters. The number of hydrogen-bond donors (Lipinski definition) is 2. The van der Waals surface area contributed by atoms with Crippen molar-refractivity contribution in [2.24, 2.45) is 4.99 Å². The van der Waals surface area contributed by atoms with Gasteiger partial charge in [-0.05, 0) is 23.8 Å². The third kappa shape index (κ3) is 2.22. The number of nitrogens with one attached hydrogen (secondary N) is 2. The summed E-state index contributed by atoms with van der Waals surface area (Å²) in [5.41, 5.74) is 0.221. The lowest BCUT2D eigenvalue weighted by Gasteiger charge is -2.36. The van der Waals surface area contributed by atoms with Gasteiger partial charge in [-0.25, -0.2) is 9.79 Å². The number of esters is 1. The Labute approximate surface area is 179 Å². The largest absolute Gasteiger partial charge is 0.405 e. The number of carbonyl (C=O) groups excluding carboxylic acids is 2. The van der Waals surface area contributed by atoms with Crippen LogP contribution in [-0.4, -0.2) is 29.9 Å². The van der Waals surface area contributed by atoms with Gasteiger partial charge in [0.15, 0.2) is 5.54 Å².